The molecule has 0 aliphatic carbocycles. The van der Waals surface area contributed by atoms with E-state index in [0.717, 1.165) is 5.01 Å². The van der Waals surface area contributed by atoms with Crippen LogP contribution in [0.2, 0.25) is 5.02 Å². The van der Waals surface area contributed by atoms with Crippen LogP contribution in [0.25, 0.3) is 6.08 Å². The Morgan fingerprint density at radius 2 is 1.83 bits per heavy atom. The van der Waals surface area contributed by atoms with E-state index in [0.29, 0.717) is 11.3 Å². The van der Waals surface area contributed by atoms with E-state index in [4.69, 9.17) is 11.6 Å². The molecule has 0 radical (unpaired) electrons. The number of halogens is 1. The minimum absolute atomic E-state index is 0.0791. The van der Waals surface area contributed by atoms with Crippen molar-refractivity contribution in [3.05, 3.63) is 74.8 Å². The number of nitro benzene ring substituents is 1. The fourth-order valence-corrected chi connectivity index (χ4v) is 2.45. The highest BCUT2D eigenvalue weighted by Crippen LogP contribution is 2.26. The van der Waals surface area contributed by atoms with E-state index in [-0.39, 0.29) is 16.3 Å². The second kappa shape index (κ2) is 6.13. The lowest BCUT2D eigenvalue weighted by Gasteiger charge is -2.13. The number of hydrazine groups is 1. The van der Waals surface area contributed by atoms with Gasteiger partial charge < -0.3 is 0 Å². The predicted molar refractivity (Wildman–Crippen MR) is 88.2 cm³/mol. The molecule has 120 valence electrons. The highest BCUT2D eigenvalue weighted by atomic mass is 35.5. The summed E-state index contributed by atoms with van der Waals surface area (Å²) >= 11 is 6.00. The van der Waals surface area contributed by atoms with Crippen molar-refractivity contribution in [3.63, 3.8) is 0 Å². The third-order valence-corrected chi connectivity index (χ3v) is 3.73. The van der Waals surface area contributed by atoms with Gasteiger partial charge in [0, 0.05) is 12.1 Å². The molecule has 0 saturated carbocycles. The number of hydrogen-bond acceptors (Lipinski definition) is 4. The first-order valence-electron chi connectivity index (χ1n) is 6.83. The Bertz CT molecular complexity index is 880. The number of amides is 2. The molecule has 0 aromatic heterocycles. The summed E-state index contributed by atoms with van der Waals surface area (Å²) in [6, 6.07) is 12.4. The van der Waals surface area contributed by atoms with Crippen molar-refractivity contribution in [2.45, 2.75) is 0 Å². The van der Waals surface area contributed by atoms with Gasteiger partial charge in [-0.2, -0.15) is 0 Å². The molecule has 0 bridgehead atoms. The molecule has 7 nitrogen and oxygen atoms in total. The van der Waals surface area contributed by atoms with E-state index in [2.05, 4.69) is 5.43 Å². The Labute approximate surface area is 141 Å². The smallest absolute Gasteiger partial charge is 0.267 e. The van der Waals surface area contributed by atoms with Crippen LogP contribution in [0, 0.1) is 10.1 Å². The van der Waals surface area contributed by atoms with Crippen LogP contribution in [-0.4, -0.2) is 16.7 Å². The van der Waals surface area contributed by atoms with E-state index in [1.807, 2.05) is 0 Å². The lowest BCUT2D eigenvalue weighted by molar-refractivity contribution is -0.384. The van der Waals surface area contributed by atoms with E-state index < -0.39 is 16.7 Å². The number of benzene rings is 2. The summed E-state index contributed by atoms with van der Waals surface area (Å²) in [6.07, 6.45) is 1.31. The molecular formula is C16H10ClN3O4. The molecule has 2 aromatic carbocycles. The van der Waals surface area contributed by atoms with Crippen LogP contribution in [-0.2, 0) is 9.59 Å². The van der Waals surface area contributed by atoms with Crippen molar-refractivity contribution in [3.8, 4) is 0 Å². The molecule has 3 rings (SSSR count). The molecule has 0 unspecified atom stereocenters. The van der Waals surface area contributed by atoms with Gasteiger partial charge in [-0.3, -0.25) is 25.1 Å². The van der Waals surface area contributed by atoms with Crippen LogP contribution in [0.5, 0.6) is 0 Å². The Balaban J connectivity index is 1.95. The molecule has 24 heavy (non-hydrogen) atoms. The van der Waals surface area contributed by atoms with Gasteiger partial charge in [-0.25, -0.2) is 5.01 Å². The number of hydrogen-bond donors (Lipinski definition) is 1. The van der Waals surface area contributed by atoms with E-state index in [1.165, 1.54) is 24.3 Å². The SMILES string of the molecule is O=C1NN(c2ccccc2)C(=O)/C1=C\c1ccc([N+](=O)[O-])cc1Cl. The minimum Gasteiger partial charge on any atom is -0.267 e. The van der Waals surface area contributed by atoms with Crippen molar-refractivity contribution < 1.29 is 14.5 Å². The number of anilines is 1. The lowest BCUT2D eigenvalue weighted by atomic mass is 10.1. The van der Waals surface area contributed by atoms with Gasteiger partial charge in [0.05, 0.1) is 15.6 Å². The standard InChI is InChI=1S/C16H10ClN3O4/c17-14-9-12(20(23)24)7-6-10(14)8-13-15(21)18-19(16(13)22)11-4-2-1-3-5-11/h1-9H,(H,18,21)/b13-8-. The summed E-state index contributed by atoms with van der Waals surface area (Å²) < 4.78 is 0. The van der Waals surface area contributed by atoms with Gasteiger partial charge in [0.15, 0.2) is 0 Å². The third kappa shape index (κ3) is 2.84. The van der Waals surface area contributed by atoms with E-state index in [1.54, 1.807) is 30.3 Å². The molecule has 1 saturated heterocycles. The monoisotopic (exact) mass is 343 g/mol. The summed E-state index contributed by atoms with van der Waals surface area (Å²) in [5, 5.41) is 11.9. The number of nitro groups is 1. The van der Waals surface area contributed by atoms with Gasteiger partial charge in [-0.15, -0.1) is 0 Å². The number of carbonyl (C=O) groups is 2. The highest BCUT2D eigenvalue weighted by molar-refractivity contribution is 6.34. The largest absolute Gasteiger partial charge is 0.282 e. The Morgan fingerprint density at radius 1 is 1.12 bits per heavy atom. The zero-order valence-electron chi connectivity index (χ0n) is 12.1. The molecule has 2 aromatic rings. The van der Waals surface area contributed by atoms with Crippen LogP contribution in [0.1, 0.15) is 5.56 Å². The molecule has 1 aliphatic heterocycles. The summed E-state index contributed by atoms with van der Waals surface area (Å²) in [7, 11) is 0. The molecule has 0 spiro atoms. The van der Waals surface area contributed by atoms with Crippen LogP contribution < -0.4 is 10.4 Å². The van der Waals surface area contributed by atoms with Crippen molar-refractivity contribution >= 4 is 40.9 Å². The normalized spacial score (nSPS) is 15.7. The molecule has 1 N–H and O–H groups in total. The van der Waals surface area contributed by atoms with Gasteiger partial charge in [0.2, 0.25) is 0 Å². The Kier molecular flexibility index (Phi) is 4.01. The first-order valence-corrected chi connectivity index (χ1v) is 7.21. The number of nitrogens with zero attached hydrogens (tertiary/aromatic N) is 2. The number of rotatable bonds is 3. The summed E-state index contributed by atoms with van der Waals surface area (Å²) in [6.45, 7) is 0. The van der Waals surface area contributed by atoms with Gasteiger partial charge >= 0.3 is 0 Å². The topological polar surface area (TPSA) is 92.6 Å². The fraction of sp³-hybridized carbons (Fsp3) is 0. The first-order chi connectivity index (χ1) is 11.5. The quantitative estimate of drug-likeness (QED) is 0.401. The number of nitrogens with one attached hydrogen (secondary N) is 1. The molecular weight excluding hydrogens is 334 g/mol. The predicted octanol–water partition coefficient (Wildman–Crippen LogP) is 2.71. The van der Waals surface area contributed by atoms with Crippen molar-refractivity contribution in [1.29, 1.82) is 0 Å². The van der Waals surface area contributed by atoms with Crippen molar-refractivity contribution in [2.24, 2.45) is 0 Å². The Morgan fingerprint density at radius 3 is 2.46 bits per heavy atom. The fourth-order valence-electron chi connectivity index (χ4n) is 2.22. The molecule has 2 amide bonds. The van der Waals surface area contributed by atoms with Crippen LogP contribution in [0.15, 0.2) is 54.1 Å². The van der Waals surface area contributed by atoms with E-state index >= 15 is 0 Å². The van der Waals surface area contributed by atoms with Crippen LogP contribution in [0.4, 0.5) is 11.4 Å². The second-order valence-corrected chi connectivity index (χ2v) is 5.35. The zero-order valence-corrected chi connectivity index (χ0v) is 12.9. The number of non-ortho nitro benzene ring substituents is 1. The van der Waals surface area contributed by atoms with Crippen molar-refractivity contribution in [2.75, 3.05) is 5.01 Å². The second-order valence-electron chi connectivity index (χ2n) is 4.94. The molecule has 8 heteroatoms. The third-order valence-electron chi connectivity index (χ3n) is 3.40. The summed E-state index contributed by atoms with van der Waals surface area (Å²) in [5.74, 6) is -1.10. The number of carbonyl (C=O) groups excluding carboxylic acids is 2. The molecule has 1 fully saturated rings. The maximum Gasteiger partial charge on any atom is 0.282 e. The molecule has 0 atom stereocenters. The average Bonchev–Trinajstić information content (AvgIpc) is 2.85. The first kappa shape index (κ1) is 15.7. The van der Waals surface area contributed by atoms with Gasteiger partial charge in [-0.1, -0.05) is 29.8 Å². The average molecular weight is 344 g/mol. The molecule has 1 aliphatic rings. The van der Waals surface area contributed by atoms with Crippen molar-refractivity contribution in [1.82, 2.24) is 5.43 Å². The van der Waals surface area contributed by atoms with Crippen LogP contribution in [0.3, 0.4) is 0 Å². The summed E-state index contributed by atoms with van der Waals surface area (Å²) in [4.78, 5) is 34.6. The minimum atomic E-state index is -0.576. The number of para-hydroxylation sites is 1. The maximum absolute atomic E-state index is 12.4. The van der Waals surface area contributed by atoms with Crippen LogP contribution >= 0.6 is 11.6 Å². The van der Waals surface area contributed by atoms with Gasteiger partial charge in [0.1, 0.15) is 5.57 Å². The zero-order chi connectivity index (χ0) is 17.3. The van der Waals surface area contributed by atoms with Gasteiger partial charge in [0.25, 0.3) is 17.5 Å². The lowest BCUT2D eigenvalue weighted by Crippen LogP contribution is -2.35. The Hall–Kier alpha value is -3.19. The summed E-state index contributed by atoms with van der Waals surface area (Å²) in [5.41, 5.74) is 3.06. The highest BCUT2D eigenvalue weighted by Gasteiger charge is 2.34. The van der Waals surface area contributed by atoms with Gasteiger partial charge in [-0.05, 0) is 29.8 Å². The van der Waals surface area contributed by atoms with E-state index in [9.17, 15) is 19.7 Å². The maximum atomic E-state index is 12.4. The molecule has 1 heterocycles.